The average molecular weight is 223 g/mol. The molecule has 1 heterocycles. The summed E-state index contributed by atoms with van der Waals surface area (Å²) in [6.07, 6.45) is 10.1. The Labute approximate surface area is 93.1 Å². The van der Waals surface area contributed by atoms with E-state index in [1.807, 2.05) is 18.2 Å². The summed E-state index contributed by atoms with van der Waals surface area (Å²) in [7, 11) is 0. The van der Waals surface area contributed by atoms with Crippen molar-refractivity contribution in [1.82, 2.24) is 10.1 Å². The lowest BCUT2D eigenvalue weighted by Crippen LogP contribution is -1.85. The zero-order valence-corrected chi connectivity index (χ0v) is 9.11. The molecule has 4 heteroatoms. The van der Waals surface area contributed by atoms with E-state index >= 15 is 0 Å². The minimum Gasteiger partial charge on any atom is -0.338 e. The molecule has 1 aromatic heterocycles. The largest absolute Gasteiger partial charge is 0.338 e. The van der Waals surface area contributed by atoms with Crippen LogP contribution in [0.15, 0.2) is 34.9 Å². The van der Waals surface area contributed by atoms with Gasteiger partial charge in [0.15, 0.2) is 0 Å². The normalized spacial score (nSPS) is 20.1. The molecule has 2 rings (SSSR count). The summed E-state index contributed by atoms with van der Waals surface area (Å²) < 4.78 is 4.94. The lowest BCUT2D eigenvalue weighted by molar-refractivity contribution is 0.388. The van der Waals surface area contributed by atoms with Crippen molar-refractivity contribution in [2.45, 2.75) is 12.8 Å². The van der Waals surface area contributed by atoms with Gasteiger partial charge in [0.1, 0.15) is 5.88 Å². The highest BCUT2D eigenvalue weighted by Crippen LogP contribution is 2.17. The second-order valence-electron chi connectivity index (χ2n) is 3.37. The van der Waals surface area contributed by atoms with Crippen molar-refractivity contribution in [3.8, 4) is 0 Å². The Balaban J connectivity index is 2.27. The van der Waals surface area contributed by atoms with Gasteiger partial charge in [0.25, 0.3) is 0 Å². The Morgan fingerprint density at radius 1 is 1.47 bits per heavy atom. The maximum Gasteiger partial charge on any atom is 0.241 e. The van der Waals surface area contributed by atoms with E-state index in [0.717, 1.165) is 5.57 Å². The predicted octanol–water partition coefficient (Wildman–Crippen LogP) is 2.95. The maximum absolute atomic E-state index is 5.59. The predicted molar refractivity (Wildman–Crippen MR) is 59.3 cm³/mol. The number of alkyl halides is 1. The molecule has 0 spiro atoms. The van der Waals surface area contributed by atoms with Gasteiger partial charge in [-0.25, -0.2) is 0 Å². The molecule has 1 aliphatic carbocycles. The van der Waals surface area contributed by atoms with Crippen molar-refractivity contribution in [3.05, 3.63) is 42.1 Å². The van der Waals surface area contributed by atoms with E-state index < -0.39 is 0 Å². The number of allylic oxidation sites excluding steroid dienone is 6. The molecule has 0 radical (unpaired) electrons. The van der Waals surface area contributed by atoms with E-state index in [9.17, 15) is 0 Å². The summed E-state index contributed by atoms with van der Waals surface area (Å²) in [6.45, 7) is 2.12. The van der Waals surface area contributed by atoms with Gasteiger partial charge in [-0.05, 0) is 5.92 Å². The monoisotopic (exact) mass is 222 g/mol. The van der Waals surface area contributed by atoms with Gasteiger partial charge in [-0.1, -0.05) is 42.5 Å². The summed E-state index contributed by atoms with van der Waals surface area (Å²) in [6, 6.07) is 0. The summed E-state index contributed by atoms with van der Waals surface area (Å²) >= 11 is 5.59. The fraction of sp³-hybridized carbons (Fsp3) is 0.273. The number of hydrogen-bond donors (Lipinski definition) is 0. The third-order valence-electron chi connectivity index (χ3n) is 2.11. The van der Waals surface area contributed by atoms with Crippen molar-refractivity contribution in [1.29, 1.82) is 0 Å². The molecule has 3 nitrogen and oxygen atoms in total. The molecule has 0 bridgehead atoms. The molecule has 0 aliphatic heterocycles. The van der Waals surface area contributed by atoms with Crippen LogP contribution in [0.3, 0.4) is 0 Å². The molecule has 0 saturated carbocycles. The van der Waals surface area contributed by atoms with Crippen LogP contribution in [-0.2, 0) is 5.88 Å². The van der Waals surface area contributed by atoms with Crippen LogP contribution < -0.4 is 0 Å². The van der Waals surface area contributed by atoms with Crippen molar-refractivity contribution >= 4 is 17.2 Å². The molecule has 1 aromatic rings. The SMILES string of the molecule is CC1C=CC=C(c2noc(CCl)n2)C=C1. The summed E-state index contributed by atoms with van der Waals surface area (Å²) in [5.74, 6) is 1.71. The Morgan fingerprint density at radius 3 is 3.07 bits per heavy atom. The Hall–Kier alpha value is -1.35. The van der Waals surface area contributed by atoms with Crippen LogP contribution in [0, 0.1) is 5.92 Å². The Morgan fingerprint density at radius 2 is 2.33 bits per heavy atom. The topological polar surface area (TPSA) is 38.9 Å². The zero-order chi connectivity index (χ0) is 10.7. The van der Waals surface area contributed by atoms with Gasteiger partial charge in [-0.2, -0.15) is 4.98 Å². The third kappa shape index (κ3) is 2.36. The number of hydrogen-bond acceptors (Lipinski definition) is 3. The number of halogens is 1. The summed E-state index contributed by atoms with van der Waals surface area (Å²) in [5, 5.41) is 3.85. The number of aromatic nitrogens is 2. The van der Waals surface area contributed by atoms with Gasteiger partial charge in [0, 0.05) is 5.57 Å². The third-order valence-corrected chi connectivity index (χ3v) is 2.34. The van der Waals surface area contributed by atoms with Gasteiger partial charge in [-0.3, -0.25) is 0 Å². The van der Waals surface area contributed by atoms with Crippen LogP contribution >= 0.6 is 11.6 Å². The maximum atomic E-state index is 5.59. The van der Waals surface area contributed by atoms with E-state index in [1.54, 1.807) is 0 Å². The lowest BCUT2D eigenvalue weighted by atomic mass is 10.1. The molecular weight excluding hydrogens is 212 g/mol. The van der Waals surface area contributed by atoms with Gasteiger partial charge in [-0.15, -0.1) is 11.6 Å². The minimum atomic E-state index is 0.246. The fourth-order valence-corrected chi connectivity index (χ4v) is 1.39. The molecule has 15 heavy (non-hydrogen) atoms. The highest BCUT2D eigenvalue weighted by atomic mass is 35.5. The number of rotatable bonds is 2. The average Bonchev–Trinajstić information content (AvgIpc) is 2.62. The van der Waals surface area contributed by atoms with Gasteiger partial charge in [0.2, 0.25) is 11.7 Å². The first-order valence-corrected chi connectivity index (χ1v) is 5.28. The second kappa shape index (κ2) is 4.45. The highest BCUT2D eigenvalue weighted by Gasteiger charge is 2.08. The molecule has 0 saturated heterocycles. The zero-order valence-electron chi connectivity index (χ0n) is 8.35. The van der Waals surface area contributed by atoms with Gasteiger partial charge < -0.3 is 4.52 Å². The molecule has 0 N–H and O–H groups in total. The van der Waals surface area contributed by atoms with Crippen LogP contribution in [0.1, 0.15) is 18.6 Å². The van der Waals surface area contributed by atoms with Crippen LogP contribution in [0.25, 0.3) is 5.57 Å². The van der Waals surface area contributed by atoms with E-state index in [0.29, 0.717) is 17.6 Å². The van der Waals surface area contributed by atoms with Crippen molar-refractivity contribution in [3.63, 3.8) is 0 Å². The summed E-state index contributed by atoms with van der Waals surface area (Å²) in [4.78, 5) is 4.16. The molecule has 78 valence electrons. The first-order chi connectivity index (χ1) is 7.29. The fourth-order valence-electron chi connectivity index (χ4n) is 1.29. The van der Waals surface area contributed by atoms with Gasteiger partial charge >= 0.3 is 0 Å². The molecule has 1 aliphatic rings. The standard InChI is InChI=1S/C11H11ClN2O/c1-8-3-2-4-9(6-5-8)11-13-10(7-12)15-14-11/h2-6,8H,7H2,1H3. The van der Waals surface area contributed by atoms with Crippen molar-refractivity contribution < 1.29 is 4.52 Å². The first-order valence-electron chi connectivity index (χ1n) is 4.75. The van der Waals surface area contributed by atoms with Crippen molar-refractivity contribution in [2.24, 2.45) is 5.92 Å². The molecular formula is C11H11ClN2O. The molecule has 0 fully saturated rings. The molecule has 0 aromatic carbocycles. The molecule has 0 amide bonds. The molecule has 1 atom stereocenters. The number of nitrogens with zero attached hydrogens (tertiary/aromatic N) is 2. The van der Waals surface area contributed by atoms with Crippen molar-refractivity contribution in [2.75, 3.05) is 0 Å². The smallest absolute Gasteiger partial charge is 0.241 e. The quantitative estimate of drug-likeness (QED) is 0.723. The second-order valence-corrected chi connectivity index (χ2v) is 3.64. The van der Waals surface area contributed by atoms with Crippen LogP contribution in [0.2, 0.25) is 0 Å². The van der Waals surface area contributed by atoms with E-state index in [2.05, 4.69) is 29.2 Å². The van der Waals surface area contributed by atoms with Crippen LogP contribution in [0.5, 0.6) is 0 Å². The first kappa shape index (κ1) is 10.2. The molecule has 1 unspecified atom stereocenters. The van der Waals surface area contributed by atoms with Crippen LogP contribution in [-0.4, -0.2) is 10.1 Å². The van der Waals surface area contributed by atoms with E-state index in [1.165, 1.54) is 0 Å². The van der Waals surface area contributed by atoms with Gasteiger partial charge in [0.05, 0.1) is 0 Å². The Kier molecular flexibility index (Phi) is 3.02. The van der Waals surface area contributed by atoms with Crippen LogP contribution in [0.4, 0.5) is 0 Å². The minimum absolute atomic E-state index is 0.246. The van der Waals surface area contributed by atoms with E-state index in [4.69, 9.17) is 16.1 Å². The lowest BCUT2D eigenvalue weighted by Gasteiger charge is -1.93. The Bertz CT molecular complexity index is 432. The van der Waals surface area contributed by atoms with E-state index in [-0.39, 0.29) is 5.88 Å². The summed E-state index contributed by atoms with van der Waals surface area (Å²) in [5.41, 5.74) is 0.940. The highest BCUT2D eigenvalue weighted by molar-refractivity contribution is 6.16.